The van der Waals surface area contributed by atoms with Gasteiger partial charge in [0.15, 0.2) is 0 Å². The standard InChI is InChI=1S/C23H34N2O2/c1-5-25(15(2)3)21(26)27-18-10-9-16-13-23-14-17(23)8-6-7-11-22(4,20(23)24)19(16)12-18/h9-10,12,15,17,20H,5-8,11,13-14,24H2,1-4H3/t17-,20+,22+,23?/m0/s1. The highest BCUT2D eigenvalue weighted by molar-refractivity contribution is 5.71. The average molecular weight is 371 g/mol. The van der Waals surface area contributed by atoms with Crippen molar-refractivity contribution in [3.8, 4) is 5.75 Å². The zero-order valence-corrected chi connectivity index (χ0v) is 17.3. The van der Waals surface area contributed by atoms with Crippen molar-refractivity contribution >= 4 is 6.09 Å². The van der Waals surface area contributed by atoms with Crippen LogP contribution in [-0.4, -0.2) is 29.6 Å². The molecule has 3 aliphatic rings. The van der Waals surface area contributed by atoms with Crippen LogP contribution in [0, 0.1) is 11.3 Å². The van der Waals surface area contributed by atoms with E-state index >= 15 is 0 Å². The van der Waals surface area contributed by atoms with Crippen LogP contribution in [0.5, 0.6) is 5.75 Å². The molecule has 0 aromatic heterocycles. The van der Waals surface area contributed by atoms with Crippen molar-refractivity contribution in [3.63, 3.8) is 0 Å². The molecule has 4 nitrogen and oxygen atoms in total. The fourth-order valence-corrected chi connectivity index (χ4v) is 6.00. The largest absolute Gasteiger partial charge is 0.415 e. The number of rotatable bonds is 3. The molecule has 27 heavy (non-hydrogen) atoms. The summed E-state index contributed by atoms with van der Waals surface area (Å²) in [4.78, 5) is 14.3. The minimum Gasteiger partial charge on any atom is -0.410 e. The molecule has 2 bridgehead atoms. The van der Waals surface area contributed by atoms with Gasteiger partial charge in [-0.3, -0.25) is 0 Å². The van der Waals surface area contributed by atoms with E-state index in [1.807, 2.05) is 26.8 Å². The van der Waals surface area contributed by atoms with E-state index < -0.39 is 0 Å². The number of carbonyl (C=O) groups is 1. The summed E-state index contributed by atoms with van der Waals surface area (Å²) in [6, 6.07) is 6.60. The molecule has 2 N–H and O–H groups in total. The predicted octanol–water partition coefficient (Wildman–Crippen LogP) is 4.64. The van der Waals surface area contributed by atoms with Crippen molar-refractivity contribution in [2.45, 2.75) is 83.7 Å². The lowest BCUT2D eigenvalue weighted by molar-refractivity contribution is 0.141. The fraction of sp³-hybridized carbons (Fsp3) is 0.696. The van der Waals surface area contributed by atoms with Gasteiger partial charge in [0.1, 0.15) is 5.75 Å². The van der Waals surface area contributed by atoms with Gasteiger partial charge in [0.25, 0.3) is 0 Å². The van der Waals surface area contributed by atoms with Crippen LogP contribution in [0.3, 0.4) is 0 Å². The van der Waals surface area contributed by atoms with Crippen molar-refractivity contribution in [2.24, 2.45) is 17.1 Å². The van der Waals surface area contributed by atoms with Gasteiger partial charge >= 0.3 is 6.09 Å². The Morgan fingerprint density at radius 1 is 1.37 bits per heavy atom. The van der Waals surface area contributed by atoms with Gasteiger partial charge in [0, 0.05) is 24.0 Å². The highest BCUT2D eigenvalue weighted by atomic mass is 16.6. The molecule has 3 aliphatic carbocycles. The molecule has 1 aromatic rings. The van der Waals surface area contributed by atoms with Crippen molar-refractivity contribution in [1.82, 2.24) is 4.90 Å². The number of hydrogen-bond acceptors (Lipinski definition) is 3. The van der Waals surface area contributed by atoms with E-state index in [1.165, 1.54) is 36.8 Å². The molecule has 1 unspecified atom stereocenters. The lowest BCUT2D eigenvalue weighted by Gasteiger charge is -2.48. The van der Waals surface area contributed by atoms with E-state index in [0.29, 0.717) is 17.7 Å². The second-order valence-corrected chi connectivity index (χ2v) is 9.52. The Morgan fingerprint density at radius 3 is 2.85 bits per heavy atom. The zero-order valence-electron chi connectivity index (χ0n) is 17.3. The van der Waals surface area contributed by atoms with Crippen LogP contribution >= 0.6 is 0 Å². The number of nitrogens with two attached hydrogens (primary N) is 1. The number of amides is 1. The summed E-state index contributed by atoms with van der Waals surface area (Å²) < 4.78 is 5.75. The van der Waals surface area contributed by atoms with Gasteiger partial charge in [0.05, 0.1) is 0 Å². The third kappa shape index (κ3) is 2.88. The first-order valence-electron chi connectivity index (χ1n) is 10.7. The minimum atomic E-state index is -0.269. The number of nitrogens with zero attached hydrogens (tertiary/aromatic N) is 1. The van der Waals surface area contributed by atoms with Gasteiger partial charge < -0.3 is 15.4 Å². The molecule has 0 heterocycles. The smallest absolute Gasteiger partial charge is 0.410 e. The fourth-order valence-electron chi connectivity index (χ4n) is 6.00. The third-order valence-corrected chi connectivity index (χ3v) is 7.70. The number of fused-ring (bicyclic) bond motifs is 3. The van der Waals surface area contributed by atoms with Crippen LogP contribution in [0.4, 0.5) is 4.79 Å². The van der Waals surface area contributed by atoms with Crippen LogP contribution < -0.4 is 10.5 Å². The summed E-state index contributed by atoms with van der Waals surface area (Å²) in [6.45, 7) is 8.99. The molecule has 0 saturated heterocycles. The number of ether oxygens (including phenoxy) is 1. The van der Waals surface area contributed by atoms with Crippen LogP contribution in [0.25, 0.3) is 0 Å². The molecule has 2 saturated carbocycles. The van der Waals surface area contributed by atoms with Gasteiger partial charge in [-0.15, -0.1) is 0 Å². The Kier molecular flexibility index (Phi) is 4.53. The van der Waals surface area contributed by atoms with Gasteiger partial charge in [-0.25, -0.2) is 4.79 Å². The van der Waals surface area contributed by atoms with Crippen LogP contribution in [0.2, 0.25) is 0 Å². The Bertz CT molecular complexity index is 746. The number of carbonyl (C=O) groups excluding carboxylic acids is 1. The molecule has 4 rings (SSSR count). The maximum Gasteiger partial charge on any atom is 0.415 e. The van der Waals surface area contributed by atoms with E-state index in [4.69, 9.17) is 10.5 Å². The second kappa shape index (κ2) is 6.51. The summed E-state index contributed by atoms with van der Waals surface area (Å²) in [5.74, 6) is 1.46. The summed E-state index contributed by atoms with van der Waals surface area (Å²) in [6.07, 6.45) is 7.13. The molecule has 4 heteroatoms. The van der Waals surface area contributed by atoms with Crippen molar-refractivity contribution in [3.05, 3.63) is 29.3 Å². The van der Waals surface area contributed by atoms with E-state index in [0.717, 1.165) is 18.8 Å². The molecular formula is C23H34N2O2. The highest BCUT2D eigenvalue weighted by Crippen LogP contribution is 2.66. The number of hydrogen-bond donors (Lipinski definition) is 1. The van der Waals surface area contributed by atoms with Crippen molar-refractivity contribution in [1.29, 1.82) is 0 Å². The Labute approximate surface area is 163 Å². The molecule has 1 amide bonds. The van der Waals surface area contributed by atoms with E-state index in [1.54, 1.807) is 4.90 Å². The van der Waals surface area contributed by atoms with Crippen molar-refractivity contribution < 1.29 is 9.53 Å². The first-order chi connectivity index (χ1) is 12.8. The molecule has 4 atom stereocenters. The monoisotopic (exact) mass is 370 g/mol. The molecule has 2 fully saturated rings. The highest BCUT2D eigenvalue weighted by Gasteiger charge is 2.64. The third-order valence-electron chi connectivity index (χ3n) is 7.70. The maximum atomic E-state index is 12.5. The summed E-state index contributed by atoms with van der Waals surface area (Å²) in [5.41, 5.74) is 9.95. The van der Waals surface area contributed by atoms with E-state index in [-0.39, 0.29) is 23.6 Å². The maximum absolute atomic E-state index is 12.5. The summed E-state index contributed by atoms with van der Waals surface area (Å²) in [7, 11) is 0. The Hall–Kier alpha value is -1.55. The zero-order chi connectivity index (χ0) is 19.4. The topological polar surface area (TPSA) is 55.6 Å². The quantitative estimate of drug-likeness (QED) is 0.843. The lowest BCUT2D eigenvalue weighted by atomic mass is 9.59. The number of benzene rings is 1. The Morgan fingerprint density at radius 2 is 2.15 bits per heavy atom. The molecule has 0 aliphatic heterocycles. The van der Waals surface area contributed by atoms with Gasteiger partial charge in [0.2, 0.25) is 0 Å². The first-order valence-corrected chi connectivity index (χ1v) is 10.7. The summed E-state index contributed by atoms with van der Waals surface area (Å²) in [5, 5.41) is 0. The normalized spacial score (nSPS) is 34.1. The van der Waals surface area contributed by atoms with E-state index in [9.17, 15) is 4.79 Å². The SMILES string of the molecule is CCN(C(=O)Oc1ccc2c(c1)[C@@]1(C)CCCC[C@H]3CC3(C2)[C@@H]1N)C(C)C. The molecule has 1 spiro atoms. The average Bonchev–Trinajstić information content (AvgIpc) is 3.31. The van der Waals surface area contributed by atoms with Gasteiger partial charge in [-0.2, -0.15) is 0 Å². The lowest BCUT2D eigenvalue weighted by Crippen LogP contribution is -2.54. The Balaban J connectivity index is 1.66. The van der Waals surface area contributed by atoms with E-state index in [2.05, 4.69) is 19.1 Å². The first kappa shape index (κ1) is 18.8. The van der Waals surface area contributed by atoms with Crippen LogP contribution in [-0.2, 0) is 11.8 Å². The molecule has 148 valence electrons. The predicted molar refractivity (Wildman–Crippen MR) is 108 cm³/mol. The summed E-state index contributed by atoms with van der Waals surface area (Å²) >= 11 is 0. The van der Waals surface area contributed by atoms with Gasteiger partial charge in [-0.1, -0.05) is 25.8 Å². The van der Waals surface area contributed by atoms with Crippen molar-refractivity contribution in [2.75, 3.05) is 6.54 Å². The van der Waals surface area contributed by atoms with Crippen LogP contribution in [0.1, 0.15) is 70.9 Å². The second-order valence-electron chi connectivity index (χ2n) is 9.52. The minimum absolute atomic E-state index is 0.0202. The molecule has 1 aromatic carbocycles. The molecular weight excluding hydrogens is 336 g/mol. The van der Waals surface area contributed by atoms with Crippen LogP contribution in [0.15, 0.2) is 18.2 Å². The molecule has 0 radical (unpaired) electrons. The van der Waals surface area contributed by atoms with Gasteiger partial charge in [-0.05, 0) is 81.0 Å².